The van der Waals surface area contributed by atoms with E-state index in [4.69, 9.17) is 21.1 Å². The molecule has 30 heavy (non-hydrogen) atoms. The van der Waals surface area contributed by atoms with E-state index in [1.807, 2.05) is 20.8 Å². The molecule has 0 saturated carbocycles. The van der Waals surface area contributed by atoms with Gasteiger partial charge >= 0.3 is 6.09 Å². The van der Waals surface area contributed by atoms with E-state index >= 15 is 0 Å². The molecule has 0 spiro atoms. The highest BCUT2D eigenvalue weighted by Gasteiger charge is 2.22. The van der Waals surface area contributed by atoms with E-state index < -0.39 is 11.4 Å². The van der Waals surface area contributed by atoms with Crippen LogP contribution >= 0.6 is 11.6 Å². The lowest BCUT2D eigenvalue weighted by molar-refractivity contribution is 0.0255. The van der Waals surface area contributed by atoms with Crippen molar-refractivity contribution in [2.75, 3.05) is 31.6 Å². The van der Waals surface area contributed by atoms with Gasteiger partial charge in [0.05, 0.1) is 6.61 Å². The number of halogens is 2. The van der Waals surface area contributed by atoms with Crippen LogP contribution in [0.15, 0.2) is 6.33 Å². The van der Waals surface area contributed by atoms with Crippen molar-refractivity contribution in [3.05, 3.63) is 17.3 Å². The minimum Gasteiger partial charge on any atom is -0.477 e. The molecule has 8 nitrogen and oxygen atoms in total. The molecule has 1 amide bonds. The molecule has 0 unspecified atom stereocenters. The molecule has 0 radical (unpaired) electrons. The predicted molar refractivity (Wildman–Crippen MR) is 115 cm³/mol. The zero-order valence-electron chi connectivity index (χ0n) is 18.1. The van der Waals surface area contributed by atoms with Crippen molar-refractivity contribution in [2.24, 2.45) is 0 Å². The summed E-state index contributed by atoms with van der Waals surface area (Å²) in [5.74, 6) is -0.234. The number of nitrogens with one attached hydrogen (secondary N) is 1. The largest absolute Gasteiger partial charge is 0.477 e. The number of hydrogen-bond donors (Lipinski definition) is 1. The first kappa shape index (κ1) is 23.9. The average molecular weight is 442 g/mol. The summed E-state index contributed by atoms with van der Waals surface area (Å²) in [4.78, 5) is 26.3. The van der Waals surface area contributed by atoms with E-state index in [9.17, 15) is 9.18 Å². The van der Waals surface area contributed by atoms with Crippen LogP contribution in [0.4, 0.5) is 15.0 Å². The van der Waals surface area contributed by atoms with E-state index in [2.05, 4.69) is 27.2 Å². The van der Waals surface area contributed by atoms with Gasteiger partial charge in [0.2, 0.25) is 5.88 Å². The fourth-order valence-electron chi connectivity index (χ4n) is 2.70. The van der Waals surface area contributed by atoms with E-state index in [1.54, 1.807) is 11.8 Å². The van der Waals surface area contributed by atoms with Gasteiger partial charge in [0.25, 0.3) is 0 Å². The highest BCUT2D eigenvalue weighted by Crippen LogP contribution is 2.32. The molecule has 2 heterocycles. The van der Waals surface area contributed by atoms with Crippen LogP contribution in [0.5, 0.6) is 5.88 Å². The second-order valence-electron chi connectivity index (χ2n) is 7.65. The number of amides is 1. The summed E-state index contributed by atoms with van der Waals surface area (Å²) >= 11 is 5.86. The molecule has 0 aliphatic heterocycles. The standard InChI is InChI=1S/C20H29ClFN5O3/c1-6-8-10-27(19(28)30-20(3,4)5)11-9-23-17-13-15(24-12-25-17)14(22)16(21)26-18(13)29-7-2/h12H,6-11H2,1-5H3,(H,23,24,25). The predicted octanol–water partition coefficient (Wildman–Crippen LogP) is 4.67. The lowest BCUT2D eigenvalue weighted by Gasteiger charge is -2.27. The monoisotopic (exact) mass is 441 g/mol. The molecule has 0 aliphatic carbocycles. The van der Waals surface area contributed by atoms with Gasteiger partial charge in [-0.25, -0.2) is 19.2 Å². The number of rotatable bonds is 9. The topological polar surface area (TPSA) is 89.5 Å². The first-order valence-corrected chi connectivity index (χ1v) is 10.4. The Hall–Kier alpha value is -2.42. The van der Waals surface area contributed by atoms with Crippen molar-refractivity contribution in [1.82, 2.24) is 19.9 Å². The van der Waals surface area contributed by atoms with Crippen molar-refractivity contribution >= 4 is 34.4 Å². The van der Waals surface area contributed by atoms with Gasteiger partial charge in [-0.05, 0) is 34.1 Å². The summed E-state index contributed by atoms with van der Waals surface area (Å²) in [6.45, 7) is 11.0. The third kappa shape index (κ3) is 6.29. The second-order valence-corrected chi connectivity index (χ2v) is 8.01. The zero-order valence-corrected chi connectivity index (χ0v) is 18.8. The van der Waals surface area contributed by atoms with Crippen LogP contribution in [0, 0.1) is 5.82 Å². The van der Waals surface area contributed by atoms with Crippen LogP contribution < -0.4 is 10.1 Å². The summed E-state index contributed by atoms with van der Waals surface area (Å²) < 4.78 is 25.4. The third-order valence-electron chi connectivity index (χ3n) is 4.04. The van der Waals surface area contributed by atoms with E-state index in [0.717, 1.165) is 12.8 Å². The van der Waals surface area contributed by atoms with Gasteiger partial charge < -0.3 is 19.7 Å². The lowest BCUT2D eigenvalue weighted by Crippen LogP contribution is -2.40. The summed E-state index contributed by atoms with van der Waals surface area (Å²) in [5.41, 5.74) is -0.557. The van der Waals surface area contributed by atoms with Gasteiger partial charge in [0.1, 0.15) is 28.6 Å². The number of aromatic nitrogens is 3. The van der Waals surface area contributed by atoms with Crippen molar-refractivity contribution in [2.45, 2.75) is 53.1 Å². The van der Waals surface area contributed by atoms with Crippen LogP contribution in [-0.4, -0.2) is 57.8 Å². The maximum absolute atomic E-state index is 14.4. The van der Waals surface area contributed by atoms with Gasteiger partial charge in [-0.3, -0.25) is 0 Å². The van der Waals surface area contributed by atoms with Crippen LogP contribution in [0.25, 0.3) is 10.9 Å². The van der Waals surface area contributed by atoms with Crippen molar-refractivity contribution < 1.29 is 18.7 Å². The van der Waals surface area contributed by atoms with Gasteiger partial charge in [-0.1, -0.05) is 24.9 Å². The maximum atomic E-state index is 14.4. The van der Waals surface area contributed by atoms with Gasteiger partial charge in [-0.15, -0.1) is 0 Å². The molecule has 2 aromatic heterocycles. The molecule has 0 saturated heterocycles. The maximum Gasteiger partial charge on any atom is 0.410 e. The Morgan fingerprint density at radius 3 is 2.63 bits per heavy atom. The first-order valence-electron chi connectivity index (χ1n) is 10.0. The Morgan fingerprint density at radius 2 is 2.00 bits per heavy atom. The Labute approximate surface area is 181 Å². The fraction of sp³-hybridized carbons (Fsp3) is 0.600. The smallest absolute Gasteiger partial charge is 0.410 e. The molecule has 2 aromatic rings. The quantitative estimate of drug-likeness (QED) is 0.565. The number of pyridine rings is 1. The van der Waals surface area contributed by atoms with Gasteiger partial charge in [0.15, 0.2) is 11.0 Å². The van der Waals surface area contributed by atoms with Crippen LogP contribution in [0.1, 0.15) is 47.5 Å². The van der Waals surface area contributed by atoms with E-state index in [1.165, 1.54) is 6.33 Å². The number of ether oxygens (including phenoxy) is 2. The van der Waals surface area contributed by atoms with Gasteiger partial charge in [-0.2, -0.15) is 4.98 Å². The Bertz CT molecular complexity index is 876. The fourth-order valence-corrected chi connectivity index (χ4v) is 2.87. The van der Waals surface area contributed by atoms with E-state index in [-0.39, 0.29) is 22.6 Å². The highest BCUT2D eigenvalue weighted by molar-refractivity contribution is 6.30. The van der Waals surface area contributed by atoms with Crippen LogP contribution in [0.3, 0.4) is 0 Å². The molecule has 0 fully saturated rings. The van der Waals surface area contributed by atoms with Crippen molar-refractivity contribution in [3.63, 3.8) is 0 Å². The molecule has 0 aromatic carbocycles. The number of carbonyl (C=O) groups is 1. The Balaban J connectivity index is 2.20. The summed E-state index contributed by atoms with van der Waals surface area (Å²) in [5, 5.41) is 3.12. The normalized spacial score (nSPS) is 11.4. The molecule has 10 heteroatoms. The number of nitrogens with zero attached hydrogens (tertiary/aromatic N) is 4. The highest BCUT2D eigenvalue weighted by atomic mass is 35.5. The van der Waals surface area contributed by atoms with Crippen LogP contribution in [0.2, 0.25) is 5.15 Å². The number of anilines is 1. The molecule has 2 rings (SSSR count). The summed E-state index contributed by atoms with van der Waals surface area (Å²) in [7, 11) is 0. The molecule has 166 valence electrons. The molecule has 0 atom stereocenters. The number of fused-ring (bicyclic) bond motifs is 1. The van der Waals surface area contributed by atoms with Gasteiger partial charge in [0, 0.05) is 19.6 Å². The second kappa shape index (κ2) is 10.6. The zero-order chi connectivity index (χ0) is 22.3. The Morgan fingerprint density at radius 1 is 1.27 bits per heavy atom. The van der Waals surface area contributed by atoms with Crippen molar-refractivity contribution in [1.29, 1.82) is 0 Å². The summed E-state index contributed by atoms with van der Waals surface area (Å²) in [6.07, 6.45) is 2.67. The minimum atomic E-state index is -0.737. The average Bonchev–Trinajstić information content (AvgIpc) is 2.67. The molecule has 0 bridgehead atoms. The number of carbonyl (C=O) groups excluding carboxylic acids is 1. The minimum absolute atomic E-state index is 0.0194. The Kier molecular flexibility index (Phi) is 8.40. The third-order valence-corrected chi connectivity index (χ3v) is 4.29. The molecular weight excluding hydrogens is 413 g/mol. The SMILES string of the molecule is CCCCN(CCNc1ncnc2c(F)c(Cl)nc(OCC)c12)C(=O)OC(C)(C)C. The van der Waals surface area contributed by atoms with E-state index in [0.29, 0.717) is 37.4 Å². The molecule has 0 aliphatic rings. The van der Waals surface area contributed by atoms with Crippen LogP contribution in [-0.2, 0) is 4.74 Å². The molecular formula is C20H29ClFN5O3. The summed E-state index contributed by atoms with van der Waals surface area (Å²) in [6, 6.07) is 0. The lowest BCUT2D eigenvalue weighted by atomic mass is 10.2. The van der Waals surface area contributed by atoms with Crippen molar-refractivity contribution in [3.8, 4) is 5.88 Å². The number of hydrogen-bond acceptors (Lipinski definition) is 7. The number of unbranched alkanes of at least 4 members (excludes halogenated alkanes) is 1. The first-order chi connectivity index (χ1) is 14.2. The molecule has 1 N–H and O–H groups in total.